The largest absolute Gasteiger partial charge is 0.444 e. The molecule has 0 unspecified atom stereocenters. The van der Waals surface area contributed by atoms with Gasteiger partial charge in [-0.1, -0.05) is 0 Å². The smallest absolute Gasteiger partial charge is 0.415 e. The van der Waals surface area contributed by atoms with Crippen molar-refractivity contribution in [3.05, 3.63) is 0 Å². The van der Waals surface area contributed by atoms with Gasteiger partial charge in [0.1, 0.15) is 5.60 Å². The maximum Gasteiger partial charge on any atom is 0.415 e. The standard InChI is InChI=1S/C11H21F3N2O3/c1-10(2,3)19-9(18)16-6-4-5-7(15)8(17)11(12,13)14/h7-8,17H,4-6,15H2,1-3H3,(H,16,18)/t7-,8-/m1/s1. The number of aliphatic hydroxyl groups is 1. The highest BCUT2D eigenvalue weighted by Gasteiger charge is 2.41. The number of nitrogens with one attached hydrogen (secondary N) is 1. The molecule has 5 nitrogen and oxygen atoms in total. The highest BCUT2D eigenvalue weighted by Crippen LogP contribution is 2.23. The maximum atomic E-state index is 12.1. The zero-order chi connectivity index (χ0) is 15.3. The summed E-state index contributed by atoms with van der Waals surface area (Å²) in [4.78, 5) is 11.2. The molecule has 0 aromatic carbocycles. The molecule has 0 rings (SSSR count). The first kappa shape index (κ1) is 18.0. The monoisotopic (exact) mass is 286 g/mol. The summed E-state index contributed by atoms with van der Waals surface area (Å²) in [5, 5.41) is 11.2. The van der Waals surface area contributed by atoms with E-state index in [0.29, 0.717) is 0 Å². The number of alkyl halides is 3. The molecule has 0 heterocycles. The Hall–Kier alpha value is -1.02. The van der Waals surface area contributed by atoms with E-state index < -0.39 is 30.0 Å². The second kappa shape index (κ2) is 6.95. The summed E-state index contributed by atoms with van der Waals surface area (Å²) in [7, 11) is 0. The number of halogens is 3. The van der Waals surface area contributed by atoms with E-state index in [2.05, 4.69) is 5.32 Å². The number of rotatable bonds is 5. The van der Waals surface area contributed by atoms with Crippen LogP contribution in [0.3, 0.4) is 0 Å². The fourth-order valence-electron chi connectivity index (χ4n) is 1.24. The number of carbonyl (C=O) groups excluding carboxylic acids is 1. The Morgan fingerprint density at radius 2 is 1.89 bits per heavy atom. The number of carbonyl (C=O) groups is 1. The van der Waals surface area contributed by atoms with E-state index in [1.165, 1.54) is 0 Å². The average molecular weight is 286 g/mol. The zero-order valence-corrected chi connectivity index (χ0v) is 11.3. The Kier molecular flexibility index (Phi) is 6.58. The predicted octanol–water partition coefficient (Wildman–Crippen LogP) is 1.54. The summed E-state index contributed by atoms with van der Waals surface area (Å²) >= 11 is 0. The Bertz CT molecular complexity index is 290. The van der Waals surface area contributed by atoms with Gasteiger partial charge in [0.2, 0.25) is 0 Å². The summed E-state index contributed by atoms with van der Waals surface area (Å²) in [6, 6.07) is -1.40. The average Bonchev–Trinajstić information content (AvgIpc) is 2.19. The summed E-state index contributed by atoms with van der Waals surface area (Å²) in [5.41, 5.74) is 4.58. The van der Waals surface area contributed by atoms with Gasteiger partial charge in [-0.15, -0.1) is 0 Å². The van der Waals surface area contributed by atoms with Gasteiger partial charge in [0.15, 0.2) is 6.10 Å². The van der Waals surface area contributed by atoms with E-state index in [0.717, 1.165) is 0 Å². The fraction of sp³-hybridized carbons (Fsp3) is 0.909. The lowest BCUT2D eigenvalue weighted by Crippen LogP contribution is -2.45. The summed E-state index contributed by atoms with van der Waals surface area (Å²) in [6.07, 6.45) is -7.76. The molecular weight excluding hydrogens is 265 g/mol. The maximum absolute atomic E-state index is 12.1. The Balaban J connectivity index is 3.84. The van der Waals surface area contributed by atoms with Gasteiger partial charge in [0.25, 0.3) is 0 Å². The van der Waals surface area contributed by atoms with Crippen LogP contribution in [-0.4, -0.2) is 41.7 Å². The molecule has 0 radical (unpaired) electrons. The second-order valence-corrected chi connectivity index (χ2v) is 5.22. The number of nitrogens with two attached hydrogens (primary N) is 1. The number of amides is 1. The Morgan fingerprint density at radius 3 is 2.32 bits per heavy atom. The van der Waals surface area contributed by atoms with Crippen molar-refractivity contribution >= 4 is 6.09 Å². The minimum atomic E-state index is -4.72. The molecule has 0 saturated carbocycles. The van der Waals surface area contributed by atoms with E-state index in [4.69, 9.17) is 15.6 Å². The first-order chi connectivity index (χ1) is 8.43. The van der Waals surface area contributed by atoms with Crippen LogP contribution in [0.15, 0.2) is 0 Å². The van der Waals surface area contributed by atoms with Crippen molar-refractivity contribution in [2.45, 2.75) is 57.5 Å². The van der Waals surface area contributed by atoms with Crippen LogP contribution in [0.2, 0.25) is 0 Å². The number of hydrogen-bond acceptors (Lipinski definition) is 4. The molecule has 19 heavy (non-hydrogen) atoms. The van der Waals surface area contributed by atoms with Crippen molar-refractivity contribution in [2.75, 3.05) is 6.54 Å². The molecule has 0 aromatic heterocycles. The van der Waals surface area contributed by atoms with Crippen LogP contribution < -0.4 is 11.1 Å². The van der Waals surface area contributed by atoms with E-state index in [1.54, 1.807) is 20.8 Å². The van der Waals surface area contributed by atoms with Gasteiger partial charge < -0.3 is 20.9 Å². The Morgan fingerprint density at radius 1 is 1.37 bits per heavy atom. The van der Waals surface area contributed by atoms with Gasteiger partial charge in [-0.2, -0.15) is 13.2 Å². The molecule has 0 saturated heterocycles. The lowest BCUT2D eigenvalue weighted by atomic mass is 10.1. The van der Waals surface area contributed by atoms with E-state index in [1.807, 2.05) is 0 Å². The quantitative estimate of drug-likeness (QED) is 0.669. The minimum Gasteiger partial charge on any atom is -0.444 e. The van der Waals surface area contributed by atoms with Crippen LogP contribution in [0.5, 0.6) is 0 Å². The number of aliphatic hydroxyl groups excluding tert-OH is 1. The van der Waals surface area contributed by atoms with E-state index in [-0.39, 0.29) is 19.4 Å². The molecule has 0 bridgehead atoms. The highest BCUT2D eigenvalue weighted by molar-refractivity contribution is 5.67. The van der Waals surface area contributed by atoms with Gasteiger partial charge in [-0.3, -0.25) is 0 Å². The van der Waals surface area contributed by atoms with Crippen LogP contribution in [0, 0.1) is 0 Å². The van der Waals surface area contributed by atoms with Crippen molar-refractivity contribution < 1.29 is 27.8 Å². The van der Waals surface area contributed by atoms with Gasteiger partial charge in [0, 0.05) is 12.6 Å². The Labute approximate surface area is 110 Å². The lowest BCUT2D eigenvalue weighted by molar-refractivity contribution is -0.209. The van der Waals surface area contributed by atoms with Gasteiger partial charge >= 0.3 is 12.3 Å². The normalized spacial score (nSPS) is 15.8. The SMILES string of the molecule is CC(C)(C)OC(=O)NCCC[C@@H](N)[C@@H](O)C(F)(F)F. The van der Waals surface area contributed by atoms with E-state index >= 15 is 0 Å². The molecule has 0 spiro atoms. The second-order valence-electron chi connectivity index (χ2n) is 5.22. The molecule has 0 aromatic rings. The van der Waals surface area contributed by atoms with Gasteiger partial charge in [-0.25, -0.2) is 4.79 Å². The van der Waals surface area contributed by atoms with Crippen LogP contribution in [0.25, 0.3) is 0 Å². The lowest BCUT2D eigenvalue weighted by Gasteiger charge is -2.22. The van der Waals surface area contributed by atoms with Gasteiger partial charge in [-0.05, 0) is 33.6 Å². The highest BCUT2D eigenvalue weighted by atomic mass is 19.4. The molecule has 114 valence electrons. The van der Waals surface area contributed by atoms with Crippen LogP contribution in [0.1, 0.15) is 33.6 Å². The molecule has 4 N–H and O–H groups in total. The summed E-state index contributed by atoms with van der Waals surface area (Å²) < 4.78 is 41.2. The third kappa shape index (κ3) is 8.66. The number of hydrogen-bond donors (Lipinski definition) is 3. The third-order valence-corrected chi connectivity index (χ3v) is 2.12. The molecule has 0 aliphatic heterocycles. The number of alkyl carbamates (subject to hydrolysis) is 1. The first-order valence-electron chi connectivity index (χ1n) is 5.90. The zero-order valence-electron chi connectivity index (χ0n) is 11.3. The van der Waals surface area contributed by atoms with Crippen molar-refractivity contribution in [3.63, 3.8) is 0 Å². The third-order valence-electron chi connectivity index (χ3n) is 2.12. The molecule has 8 heteroatoms. The van der Waals surface area contributed by atoms with Crippen LogP contribution in [0.4, 0.5) is 18.0 Å². The molecule has 0 aliphatic rings. The van der Waals surface area contributed by atoms with Crippen LogP contribution in [-0.2, 0) is 4.74 Å². The van der Waals surface area contributed by atoms with E-state index in [9.17, 15) is 18.0 Å². The van der Waals surface area contributed by atoms with Crippen molar-refractivity contribution in [1.29, 1.82) is 0 Å². The summed E-state index contributed by atoms with van der Waals surface area (Å²) in [6.45, 7) is 5.22. The predicted molar refractivity (Wildman–Crippen MR) is 63.5 cm³/mol. The van der Waals surface area contributed by atoms with Gasteiger partial charge in [0.05, 0.1) is 0 Å². The van der Waals surface area contributed by atoms with Crippen molar-refractivity contribution in [3.8, 4) is 0 Å². The minimum absolute atomic E-state index is 0.0591. The summed E-state index contributed by atoms with van der Waals surface area (Å²) in [5.74, 6) is 0. The van der Waals surface area contributed by atoms with Crippen LogP contribution >= 0.6 is 0 Å². The molecule has 0 aliphatic carbocycles. The first-order valence-corrected chi connectivity index (χ1v) is 5.90. The fourth-order valence-corrected chi connectivity index (χ4v) is 1.24. The molecule has 0 fully saturated rings. The molecule has 2 atom stereocenters. The van der Waals surface area contributed by atoms with Crippen molar-refractivity contribution in [1.82, 2.24) is 5.32 Å². The topological polar surface area (TPSA) is 84.6 Å². The number of ether oxygens (including phenoxy) is 1. The molecular formula is C11H21F3N2O3. The van der Waals surface area contributed by atoms with Crippen molar-refractivity contribution in [2.24, 2.45) is 5.73 Å². The molecule has 1 amide bonds.